The second-order valence-electron chi connectivity index (χ2n) is 5.72. The maximum absolute atomic E-state index is 14.3. The van der Waals surface area contributed by atoms with Crippen LogP contribution in [0.5, 0.6) is 0 Å². The summed E-state index contributed by atoms with van der Waals surface area (Å²) in [7, 11) is 0. The lowest BCUT2D eigenvalue weighted by molar-refractivity contribution is 0.544. The van der Waals surface area contributed by atoms with E-state index in [0.29, 0.717) is 0 Å². The Bertz CT molecular complexity index is 398. The van der Waals surface area contributed by atoms with Gasteiger partial charge in [-0.15, -0.1) is 0 Å². The van der Waals surface area contributed by atoms with Gasteiger partial charge in [0.2, 0.25) is 0 Å². The first-order chi connectivity index (χ1) is 9.81. The van der Waals surface area contributed by atoms with Gasteiger partial charge in [0.15, 0.2) is 0 Å². The summed E-state index contributed by atoms with van der Waals surface area (Å²) in [4.78, 5) is 2.22. The van der Waals surface area contributed by atoms with Crippen molar-refractivity contribution >= 4 is 5.69 Å². The number of benzene rings is 1. The highest BCUT2D eigenvalue weighted by Crippen LogP contribution is 2.23. The molecule has 0 amide bonds. The van der Waals surface area contributed by atoms with Crippen molar-refractivity contribution in [2.24, 2.45) is 0 Å². The fraction of sp³-hybridized carbons (Fsp3) is 0.647. The average molecular weight is 278 g/mol. The fourth-order valence-electron chi connectivity index (χ4n) is 2.81. The molecule has 1 aliphatic rings. The third kappa shape index (κ3) is 4.48. The van der Waals surface area contributed by atoms with Gasteiger partial charge >= 0.3 is 0 Å². The summed E-state index contributed by atoms with van der Waals surface area (Å²) in [5, 5.41) is 3.32. The van der Waals surface area contributed by atoms with E-state index in [1.54, 1.807) is 6.07 Å². The summed E-state index contributed by atoms with van der Waals surface area (Å²) in [6.45, 7) is 5.85. The standard InChI is InChI=1S/C17H27FN2/c1-2-10-19-14-15-8-9-17(16(18)13-15)20-11-6-4-3-5-7-12-20/h8-9,13,19H,2-7,10-12,14H2,1H3. The summed E-state index contributed by atoms with van der Waals surface area (Å²) in [5.41, 5.74) is 1.82. The topological polar surface area (TPSA) is 15.3 Å². The largest absolute Gasteiger partial charge is 0.369 e. The first-order valence-electron chi connectivity index (χ1n) is 8.05. The minimum Gasteiger partial charge on any atom is -0.369 e. The van der Waals surface area contributed by atoms with Gasteiger partial charge in [-0.25, -0.2) is 4.39 Å². The van der Waals surface area contributed by atoms with E-state index in [-0.39, 0.29) is 5.82 Å². The van der Waals surface area contributed by atoms with Crippen LogP contribution in [0.2, 0.25) is 0 Å². The van der Waals surface area contributed by atoms with E-state index < -0.39 is 0 Å². The molecule has 2 rings (SSSR count). The molecule has 0 aromatic heterocycles. The summed E-state index contributed by atoms with van der Waals surface area (Å²) < 4.78 is 14.3. The minimum absolute atomic E-state index is 0.0682. The Kier molecular flexibility index (Phi) is 6.31. The van der Waals surface area contributed by atoms with Crippen molar-refractivity contribution in [1.82, 2.24) is 5.32 Å². The van der Waals surface area contributed by atoms with E-state index in [2.05, 4.69) is 23.2 Å². The predicted octanol–water partition coefficient (Wildman–Crippen LogP) is 4.10. The lowest BCUT2D eigenvalue weighted by Crippen LogP contribution is -2.28. The van der Waals surface area contributed by atoms with Crippen LogP contribution in [-0.4, -0.2) is 19.6 Å². The molecular weight excluding hydrogens is 251 g/mol. The van der Waals surface area contributed by atoms with Crippen molar-refractivity contribution in [3.63, 3.8) is 0 Å². The number of anilines is 1. The number of nitrogens with zero attached hydrogens (tertiary/aromatic N) is 1. The Balaban J connectivity index is 2.00. The van der Waals surface area contributed by atoms with Gasteiger partial charge in [0.1, 0.15) is 5.82 Å². The molecule has 0 unspecified atom stereocenters. The maximum Gasteiger partial charge on any atom is 0.146 e. The molecule has 1 aromatic carbocycles. The van der Waals surface area contributed by atoms with Crippen LogP contribution >= 0.6 is 0 Å². The molecule has 0 radical (unpaired) electrons. The van der Waals surface area contributed by atoms with Gasteiger partial charge in [0, 0.05) is 19.6 Å². The third-order valence-corrected chi connectivity index (χ3v) is 3.96. The third-order valence-electron chi connectivity index (χ3n) is 3.96. The van der Waals surface area contributed by atoms with Gasteiger partial charge in [-0.1, -0.05) is 32.3 Å². The highest BCUT2D eigenvalue weighted by Gasteiger charge is 2.13. The van der Waals surface area contributed by atoms with E-state index in [1.165, 1.54) is 32.1 Å². The molecule has 1 fully saturated rings. The number of nitrogens with one attached hydrogen (secondary N) is 1. The molecule has 0 bridgehead atoms. The van der Waals surface area contributed by atoms with Crippen LogP contribution < -0.4 is 10.2 Å². The Labute approximate surface area is 122 Å². The normalized spacial score (nSPS) is 16.8. The van der Waals surface area contributed by atoms with Crippen LogP contribution in [-0.2, 0) is 6.54 Å². The van der Waals surface area contributed by atoms with Gasteiger partial charge in [-0.2, -0.15) is 0 Å². The quantitative estimate of drug-likeness (QED) is 0.816. The van der Waals surface area contributed by atoms with Gasteiger partial charge < -0.3 is 10.2 Å². The molecule has 20 heavy (non-hydrogen) atoms. The summed E-state index contributed by atoms with van der Waals surface area (Å²) >= 11 is 0. The zero-order valence-electron chi connectivity index (χ0n) is 12.6. The molecule has 1 heterocycles. The molecule has 1 aromatic rings. The smallest absolute Gasteiger partial charge is 0.146 e. The Morgan fingerprint density at radius 2 is 1.80 bits per heavy atom. The van der Waals surface area contributed by atoms with Gasteiger partial charge in [-0.3, -0.25) is 0 Å². The number of hydrogen-bond acceptors (Lipinski definition) is 2. The van der Waals surface area contributed by atoms with E-state index >= 15 is 0 Å². The van der Waals surface area contributed by atoms with E-state index in [9.17, 15) is 4.39 Å². The molecule has 112 valence electrons. The van der Waals surface area contributed by atoms with Crippen molar-refractivity contribution in [3.05, 3.63) is 29.6 Å². The van der Waals surface area contributed by atoms with Crippen molar-refractivity contribution in [1.29, 1.82) is 0 Å². The van der Waals surface area contributed by atoms with E-state index in [1.807, 2.05) is 6.07 Å². The molecule has 1 N–H and O–H groups in total. The molecule has 0 spiro atoms. The molecule has 0 atom stereocenters. The Morgan fingerprint density at radius 1 is 1.10 bits per heavy atom. The summed E-state index contributed by atoms with van der Waals surface area (Å²) in [6.07, 6.45) is 7.35. The molecule has 1 saturated heterocycles. The molecule has 2 nitrogen and oxygen atoms in total. The van der Waals surface area contributed by atoms with E-state index in [0.717, 1.165) is 43.9 Å². The van der Waals surface area contributed by atoms with Crippen LogP contribution in [0.15, 0.2) is 18.2 Å². The van der Waals surface area contributed by atoms with Gasteiger partial charge in [0.25, 0.3) is 0 Å². The van der Waals surface area contributed by atoms with Crippen molar-refractivity contribution < 1.29 is 4.39 Å². The monoisotopic (exact) mass is 278 g/mol. The summed E-state index contributed by atoms with van der Waals surface area (Å²) in [6, 6.07) is 5.70. The zero-order valence-corrected chi connectivity index (χ0v) is 12.6. The first-order valence-corrected chi connectivity index (χ1v) is 8.05. The molecule has 3 heteroatoms. The Morgan fingerprint density at radius 3 is 2.45 bits per heavy atom. The maximum atomic E-state index is 14.3. The van der Waals surface area contributed by atoms with Crippen molar-refractivity contribution in [2.45, 2.75) is 52.0 Å². The highest BCUT2D eigenvalue weighted by atomic mass is 19.1. The van der Waals surface area contributed by atoms with Gasteiger partial charge in [-0.05, 0) is 43.5 Å². The second kappa shape index (κ2) is 8.25. The van der Waals surface area contributed by atoms with Crippen LogP contribution in [0.4, 0.5) is 10.1 Å². The minimum atomic E-state index is -0.0682. The molecule has 0 saturated carbocycles. The SMILES string of the molecule is CCCNCc1ccc(N2CCCCCCC2)c(F)c1. The lowest BCUT2D eigenvalue weighted by Gasteiger charge is -2.27. The molecular formula is C17H27FN2. The number of hydrogen-bond donors (Lipinski definition) is 1. The van der Waals surface area contributed by atoms with Crippen LogP contribution in [0, 0.1) is 5.82 Å². The lowest BCUT2D eigenvalue weighted by atomic mass is 10.1. The predicted molar refractivity (Wildman–Crippen MR) is 83.7 cm³/mol. The highest BCUT2D eigenvalue weighted by molar-refractivity contribution is 5.49. The fourth-order valence-corrected chi connectivity index (χ4v) is 2.81. The molecule has 1 aliphatic heterocycles. The van der Waals surface area contributed by atoms with Crippen molar-refractivity contribution in [3.8, 4) is 0 Å². The van der Waals surface area contributed by atoms with Crippen LogP contribution in [0.25, 0.3) is 0 Å². The van der Waals surface area contributed by atoms with Crippen LogP contribution in [0.3, 0.4) is 0 Å². The van der Waals surface area contributed by atoms with Gasteiger partial charge in [0.05, 0.1) is 5.69 Å². The number of halogens is 1. The van der Waals surface area contributed by atoms with Crippen molar-refractivity contribution in [2.75, 3.05) is 24.5 Å². The Hall–Kier alpha value is -1.09. The summed E-state index contributed by atoms with van der Waals surface area (Å²) in [5.74, 6) is -0.0682. The van der Waals surface area contributed by atoms with E-state index in [4.69, 9.17) is 0 Å². The molecule has 0 aliphatic carbocycles. The average Bonchev–Trinajstić information content (AvgIpc) is 2.40. The second-order valence-corrected chi connectivity index (χ2v) is 5.72. The number of rotatable bonds is 5. The zero-order chi connectivity index (χ0) is 14.2. The first kappa shape index (κ1) is 15.3. The van der Waals surface area contributed by atoms with Crippen LogP contribution in [0.1, 0.15) is 51.0 Å².